The zero-order valence-electron chi connectivity index (χ0n) is 32.9. The number of carbonyl (C=O) groups is 1. The summed E-state index contributed by atoms with van der Waals surface area (Å²) >= 11 is 0. The molecule has 4 heterocycles. The molecule has 0 aromatic rings. The Labute approximate surface area is 323 Å². The van der Waals surface area contributed by atoms with E-state index in [1.807, 2.05) is 13.8 Å². The van der Waals surface area contributed by atoms with Crippen molar-refractivity contribution >= 4 is 5.97 Å². The Balaban J connectivity index is 0.837. The largest absolute Gasteiger partial charge is 0.458 e. The van der Waals surface area contributed by atoms with Crippen molar-refractivity contribution in [3.05, 3.63) is 11.6 Å². The minimum Gasteiger partial charge on any atom is -0.458 e. The molecular formula is C41H64O14. The summed E-state index contributed by atoms with van der Waals surface area (Å²) in [6.45, 7) is 9.90. The van der Waals surface area contributed by atoms with Gasteiger partial charge in [-0.2, -0.15) is 0 Å². The van der Waals surface area contributed by atoms with Crippen LogP contribution in [0.2, 0.25) is 0 Å². The Morgan fingerprint density at radius 3 is 1.87 bits per heavy atom. The molecule has 0 unspecified atom stereocenters. The molecule has 4 aliphatic heterocycles. The molecule has 14 heteroatoms. The molecule has 0 aromatic carbocycles. The van der Waals surface area contributed by atoms with Gasteiger partial charge in [-0.3, -0.25) is 0 Å². The predicted molar refractivity (Wildman–Crippen MR) is 193 cm³/mol. The Morgan fingerprint density at radius 1 is 0.691 bits per heavy atom. The highest BCUT2D eigenvalue weighted by Crippen LogP contribution is 2.70. The fraction of sp³-hybridized carbons (Fsp3) is 0.927. The summed E-state index contributed by atoms with van der Waals surface area (Å²) in [5, 5.41) is 66.9. The summed E-state index contributed by atoms with van der Waals surface area (Å²) in [6, 6.07) is 0. The van der Waals surface area contributed by atoms with Gasteiger partial charge in [0.2, 0.25) is 0 Å². The molecule has 6 N–H and O–H groups in total. The molecule has 0 bridgehead atoms. The van der Waals surface area contributed by atoms with E-state index in [2.05, 4.69) is 6.92 Å². The van der Waals surface area contributed by atoms with Crippen LogP contribution in [0.3, 0.4) is 0 Å². The fourth-order valence-electron chi connectivity index (χ4n) is 12.8. The van der Waals surface area contributed by atoms with Crippen LogP contribution in [-0.4, -0.2) is 135 Å². The molecule has 4 aliphatic carbocycles. The zero-order valence-corrected chi connectivity index (χ0v) is 32.9. The van der Waals surface area contributed by atoms with Gasteiger partial charge in [-0.25, -0.2) is 4.79 Å². The minimum atomic E-state index is -1.01. The van der Waals surface area contributed by atoms with E-state index in [0.29, 0.717) is 18.8 Å². The SMILES string of the molecule is C[C@@H]1O[C@H](O[C@H]2[C@@H](O)C[C@@H](O[C@H]3[C@H](C)O[C@H](O[C@H]4CC[C@@]5(C)[C@H](CC[C@@H]6[C@@H]5C[C@@H](O)[C@]5(C)[C@@H](C7=CC(=O)OC7)CC[C@]65O)C4)C[C@@H]3O)O[C@@H]2C)C[C@H](O)[C@H]1O. The minimum absolute atomic E-state index is 0.0452. The van der Waals surface area contributed by atoms with Crippen LogP contribution in [0.1, 0.15) is 105 Å². The second-order valence-corrected chi connectivity index (χ2v) is 18.8. The topological polar surface area (TPSA) is 203 Å². The molecule has 8 rings (SSSR count). The van der Waals surface area contributed by atoms with Crippen molar-refractivity contribution < 1.29 is 68.6 Å². The van der Waals surface area contributed by atoms with E-state index in [1.165, 1.54) is 0 Å². The third-order valence-corrected chi connectivity index (χ3v) is 16.0. The monoisotopic (exact) mass is 780 g/mol. The third-order valence-electron chi connectivity index (χ3n) is 16.0. The number of carbonyl (C=O) groups excluding carboxylic acids is 1. The van der Waals surface area contributed by atoms with Gasteiger partial charge in [0, 0.05) is 30.8 Å². The lowest BCUT2D eigenvalue weighted by atomic mass is 9.42. The van der Waals surface area contributed by atoms with Crippen molar-refractivity contribution in [2.75, 3.05) is 6.61 Å². The second kappa shape index (κ2) is 15.1. The molecule has 4 saturated carbocycles. The van der Waals surface area contributed by atoms with Crippen LogP contribution in [0, 0.1) is 34.5 Å². The van der Waals surface area contributed by atoms with Crippen LogP contribution < -0.4 is 0 Å². The molecule has 0 amide bonds. The van der Waals surface area contributed by atoms with Crippen molar-refractivity contribution in [2.45, 2.75) is 197 Å². The van der Waals surface area contributed by atoms with Crippen molar-refractivity contribution in [1.82, 2.24) is 0 Å². The first-order chi connectivity index (χ1) is 26.0. The average molecular weight is 781 g/mol. The lowest BCUT2D eigenvalue weighted by Gasteiger charge is -2.65. The number of aliphatic hydroxyl groups is 6. The first-order valence-corrected chi connectivity index (χ1v) is 20.9. The molecule has 21 atom stereocenters. The van der Waals surface area contributed by atoms with E-state index in [4.69, 9.17) is 33.2 Å². The number of rotatable bonds is 7. The van der Waals surface area contributed by atoms with Crippen molar-refractivity contribution in [3.8, 4) is 0 Å². The van der Waals surface area contributed by atoms with Gasteiger partial charge >= 0.3 is 5.97 Å². The van der Waals surface area contributed by atoms with Gasteiger partial charge in [0.1, 0.15) is 24.9 Å². The second-order valence-electron chi connectivity index (χ2n) is 18.8. The lowest BCUT2D eigenvalue weighted by molar-refractivity contribution is -0.336. The smallest absolute Gasteiger partial charge is 0.331 e. The van der Waals surface area contributed by atoms with E-state index in [-0.39, 0.29) is 61.1 Å². The maximum absolute atomic E-state index is 12.6. The standard InChI is InChI=1S/C41H64O14/c1-19-36(47)28(42)15-34(50-19)54-38-21(3)52-35(17-30(38)44)55-37-20(2)51-33(16-29(37)43)53-24-8-10-39(4)23(13-24)6-7-26-27(39)14-31(45)40(5)25(9-11-41(26,40)48)22-12-32(46)49-18-22/h12,19-21,23-31,33-38,42-45,47-48H,6-11,13-18H2,1-5H3/t19-,20-,21+,23+,24-,25+,26+,27-,28-,29-,30-,31+,33+,34+,35+,36-,37-,38+,39-,40-,41-/m0/s1. The lowest BCUT2D eigenvalue weighted by Crippen LogP contribution is -2.67. The van der Waals surface area contributed by atoms with E-state index in [0.717, 1.165) is 44.1 Å². The number of fused-ring (bicyclic) bond motifs is 5. The highest BCUT2D eigenvalue weighted by Gasteiger charge is 2.71. The summed E-state index contributed by atoms with van der Waals surface area (Å²) in [6.07, 6.45) is -1.51. The number of hydrogen-bond donors (Lipinski definition) is 6. The van der Waals surface area contributed by atoms with Gasteiger partial charge < -0.3 is 63.8 Å². The van der Waals surface area contributed by atoms with Crippen molar-refractivity contribution in [3.63, 3.8) is 0 Å². The summed E-state index contributed by atoms with van der Waals surface area (Å²) in [5.74, 6) is 0.204. The molecule has 55 heavy (non-hydrogen) atoms. The molecule has 8 aliphatic rings. The van der Waals surface area contributed by atoms with Gasteiger partial charge in [0.05, 0.1) is 54.4 Å². The van der Waals surface area contributed by atoms with E-state index >= 15 is 0 Å². The molecule has 0 spiro atoms. The highest BCUT2D eigenvalue weighted by molar-refractivity contribution is 5.85. The van der Waals surface area contributed by atoms with E-state index < -0.39 is 90.9 Å². The molecular weight excluding hydrogens is 716 g/mol. The van der Waals surface area contributed by atoms with Gasteiger partial charge in [0.25, 0.3) is 0 Å². The van der Waals surface area contributed by atoms with Crippen LogP contribution in [0.5, 0.6) is 0 Å². The molecule has 312 valence electrons. The third kappa shape index (κ3) is 6.95. The maximum Gasteiger partial charge on any atom is 0.331 e. The Kier molecular flexibility index (Phi) is 11.1. The van der Waals surface area contributed by atoms with Crippen LogP contribution in [0.4, 0.5) is 0 Å². The van der Waals surface area contributed by atoms with Gasteiger partial charge in [-0.1, -0.05) is 13.8 Å². The number of hydrogen-bond acceptors (Lipinski definition) is 14. The average Bonchev–Trinajstić information content (AvgIpc) is 3.67. The Morgan fingerprint density at radius 2 is 1.29 bits per heavy atom. The summed E-state index contributed by atoms with van der Waals surface area (Å²) in [5.41, 5.74) is -0.892. The number of aliphatic hydroxyl groups excluding tert-OH is 5. The van der Waals surface area contributed by atoms with Crippen LogP contribution in [-0.2, 0) is 38.0 Å². The molecule has 14 nitrogen and oxygen atoms in total. The maximum atomic E-state index is 12.6. The number of esters is 1. The van der Waals surface area contributed by atoms with Crippen LogP contribution >= 0.6 is 0 Å². The molecule has 7 fully saturated rings. The van der Waals surface area contributed by atoms with Crippen molar-refractivity contribution in [2.24, 2.45) is 34.5 Å². The van der Waals surface area contributed by atoms with Gasteiger partial charge in [-0.15, -0.1) is 0 Å². The molecule has 0 aromatic heterocycles. The Hall–Kier alpha value is -1.27. The summed E-state index contributed by atoms with van der Waals surface area (Å²) in [4.78, 5) is 11.9. The van der Waals surface area contributed by atoms with E-state index in [1.54, 1.807) is 19.9 Å². The first-order valence-electron chi connectivity index (χ1n) is 20.9. The summed E-state index contributed by atoms with van der Waals surface area (Å²) < 4.78 is 42.1. The van der Waals surface area contributed by atoms with Crippen LogP contribution in [0.25, 0.3) is 0 Å². The van der Waals surface area contributed by atoms with Gasteiger partial charge in [-0.05, 0) is 107 Å². The number of cyclic esters (lactones) is 1. The van der Waals surface area contributed by atoms with E-state index in [9.17, 15) is 35.4 Å². The van der Waals surface area contributed by atoms with Crippen LogP contribution in [0.15, 0.2) is 11.6 Å². The molecule has 0 radical (unpaired) electrons. The fourth-order valence-corrected chi connectivity index (χ4v) is 12.8. The van der Waals surface area contributed by atoms with Gasteiger partial charge in [0.15, 0.2) is 18.9 Å². The zero-order chi connectivity index (χ0) is 39.2. The molecule has 3 saturated heterocycles. The highest BCUT2D eigenvalue weighted by atomic mass is 16.7. The predicted octanol–water partition coefficient (Wildman–Crippen LogP) is 2.22. The quantitative estimate of drug-likeness (QED) is 0.162. The van der Waals surface area contributed by atoms with Crippen molar-refractivity contribution in [1.29, 1.82) is 0 Å². The number of ether oxygens (including phenoxy) is 7. The normalized spacial score (nSPS) is 55.5. The summed E-state index contributed by atoms with van der Waals surface area (Å²) in [7, 11) is 0. The first kappa shape index (κ1) is 40.5. The Bertz CT molecular complexity index is 1410.